The number of hydrogen-bond acceptors (Lipinski definition) is 7. The highest BCUT2D eigenvalue weighted by Gasteiger charge is 2.40. The monoisotopic (exact) mass is 407 g/mol. The number of nitrogens with two attached hydrogens (primary N) is 1. The summed E-state index contributed by atoms with van der Waals surface area (Å²) in [5.41, 5.74) is 6.77. The molecule has 2 heterocycles. The Kier molecular flexibility index (Phi) is 5.18. The van der Waals surface area contributed by atoms with Crippen LogP contribution in [0.1, 0.15) is 30.9 Å². The second kappa shape index (κ2) is 7.94. The molecule has 1 aromatic heterocycles. The van der Waals surface area contributed by atoms with Gasteiger partial charge < -0.3 is 24.4 Å². The minimum atomic E-state index is -0.864. The lowest BCUT2D eigenvalue weighted by Gasteiger charge is -2.28. The van der Waals surface area contributed by atoms with Gasteiger partial charge in [0.25, 0.3) is 0 Å². The highest BCUT2D eigenvalue weighted by molar-refractivity contribution is 5.95. The summed E-state index contributed by atoms with van der Waals surface area (Å²) in [5.74, 6) is -0.849. The quantitative estimate of drug-likeness (QED) is 0.511. The summed E-state index contributed by atoms with van der Waals surface area (Å²) in [6.07, 6.45) is 0. The second-order valence-corrected chi connectivity index (χ2v) is 6.63. The number of hydrogen-bond donors (Lipinski definition) is 1. The Labute approximate surface area is 172 Å². The first-order valence-electron chi connectivity index (χ1n) is 9.68. The van der Waals surface area contributed by atoms with Crippen molar-refractivity contribution in [2.75, 3.05) is 13.2 Å². The third-order valence-corrected chi connectivity index (χ3v) is 4.88. The largest absolute Gasteiger partial charge is 0.494 e. The molecule has 30 heavy (non-hydrogen) atoms. The van der Waals surface area contributed by atoms with Crippen LogP contribution in [0.3, 0.4) is 0 Å². The molecule has 7 nitrogen and oxygen atoms in total. The van der Waals surface area contributed by atoms with Gasteiger partial charge in [0.2, 0.25) is 5.88 Å². The molecule has 1 aliphatic heterocycles. The number of fused-ring (bicyclic) bond motifs is 3. The van der Waals surface area contributed by atoms with Crippen molar-refractivity contribution in [3.63, 3.8) is 0 Å². The van der Waals surface area contributed by atoms with Crippen LogP contribution in [0.25, 0.3) is 11.0 Å². The molecule has 0 saturated carbocycles. The van der Waals surface area contributed by atoms with Crippen LogP contribution >= 0.6 is 0 Å². The van der Waals surface area contributed by atoms with Crippen molar-refractivity contribution in [2.45, 2.75) is 19.8 Å². The van der Waals surface area contributed by atoms with Crippen molar-refractivity contribution in [2.24, 2.45) is 5.73 Å². The number of esters is 1. The van der Waals surface area contributed by atoms with E-state index in [4.69, 9.17) is 24.4 Å². The number of benzene rings is 2. The lowest BCUT2D eigenvalue weighted by Crippen LogP contribution is -2.31. The van der Waals surface area contributed by atoms with Crippen molar-refractivity contribution in [3.8, 4) is 11.5 Å². The van der Waals surface area contributed by atoms with Gasteiger partial charge in [-0.15, -0.1) is 0 Å². The van der Waals surface area contributed by atoms with E-state index in [2.05, 4.69) is 0 Å². The second-order valence-electron chi connectivity index (χ2n) is 6.63. The smallest absolute Gasteiger partial charge is 0.344 e. The molecule has 0 bridgehead atoms. The third-order valence-electron chi connectivity index (χ3n) is 4.88. The molecular formula is C23H21NO6. The van der Waals surface area contributed by atoms with Crippen LogP contribution < -0.4 is 20.8 Å². The number of carbonyl (C=O) groups is 1. The lowest BCUT2D eigenvalue weighted by molar-refractivity contribution is -0.139. The van der Waals surface area contributed by atoms with Gasteiger partial charge in [0.05, 0.1) is 30.1 Å². The van der Waals surface area contributed by atoms with Crippen molar-refractivity contribution in [1.29, 1.82) is 0 Å². The van der Waals surface area contributed by atoms with E-state index in [9.17, 15) is 9.59 Å². The van der Waals surface area contributed by atoms with Gasteiger partial charge in [-0.05, 0) is 32.0 Å². The highest BCUT2D eigenvalue weighted by Crippen LogP contribution is 2.46. The van der Waals surface area contributed by atoms with E-state index in [1.165, 1.54) is 0 Å². The SMILES string of the molecule is CCOC(=O)C1=C(N)Oc2c(c(=O)oc3ccccc23)[C@@H]1c1ccccc1OCC. The summed E-state index contributed by atoms with van der Waals surface area (Å²) in [6.45, 7) is 4.10. The maximum absolute atomic E-state index is 13.1. The van der Waals surface area contributed by atoms with Gasteiger partial charge in [-0.2, -0.15) is 0 Å². The van der Waals surface area contributed by atoms with Crippen LogP contribution in [-0.2, 0) is 9.53 Å². The number of rotatable bonds is 5. The van der Waals surface area contributed by atoms with Crippen LogP contribution in [-0.4, -0.2) is 19.2 Å². The third kappa shape index (κ3) is 3.18. The van der Waals surface area contributed by atoms with E-state index in [0.29, 0.717) is 28.9 Å². The fraction of sp³-hybridized carbons (Fsp3) is 0.217. The molecule has 1 aliphatic rings. The predicted octanol–water partition coefficient (Wildman–Crippen LogP) is 3.45. The number of carbonyl (C=O) groups excluding carboxylic acids is 1. The van der Waals surface area contributed by atoms with Crippen LogP contribution in [0.4, 0.5) is 0 Å². The van der Waals surface area contributed by atoms with Crippen LogP contribution in [0.15, 0.2) is 69.2 Å². The van der Waals surface area contributed by atoms with Gasteiger partial charge in [-0.25, -0.2) is 9.59 Å². The molecule has 0 aliphatic carbocycles. The van der Waals surface area contributed by atoms with Crippen LogP contribution in [0.5, 0.6) is 11.5 Å². The molecule has 0 amide bonds. The van der Waals surface area contributed by atoms with Crippen molar-refractivity contribution in [3.05, 3.63) is 81.5 Å². The average Bonchev–Trinajstić information content (AvgIpc) is 2.74. The fourth-order valence-electron chi connectivity index (χ4n) is 3.69. The Morgan fingerprint density at radius 1 is 1.07 bits per heavy atom. The Hall–Kier alpha value is -3.74. The summed E-state index contributed by atoms with van der Waals surface area (Å²) >= 11 is 0. The van der Waals surface area contributed by atoms with Crippen molar-refractivity contribution in [1.82, 2.24) is 0 Å². The summed E-state index contributed by atoms with van der Waals surface area (Å²) in [4.78, 5) is 25.9. The Bertz CT molecular complexity index is 1210. The molecule has 1 atom stereocenters. The first-order chi connectivity index (χ1) is 14.6. The topological polar surface area (TPSA) is 101 Å². The van der Waals surface area contributed by atoms with E-state index in [1.807, 2.05) is 13.0 Å². The summed E-state index contributed by atoms with van der Waals surface area (Å²) in [7, 11) is 0. The molecule has 0 spiro atoms. The zero-order chi connectivity index (χ0) is 21.3. The van der Waals surface area contributed by atoms with E-state index < -0.39 is 17.5 Å². The average molecular weight is 407 g/mol. The molecule has 4 rings (SSSR count). The zero-order valence-electron chi connectivity index (χ0n) is 16.6. The molecule has 3 aromatic rings. The fourth-order valence-corrected chi connectivity index (χ4v) is 3.69. The number of para-hydroxylation sites is 2. The predicted molar refractivity (Wildman–Crippen MR) is 110 cm³/mol. The van der Waals surface area contributed by atoms with Crippen molar-refractivity contribution >= 4 is 16.9 Å². The first kappa shape index (κ1) is 19.6. The summed E-state index contributed by atoms with van der Waals surface area (Å²) < 4.78 is 22.3. The minimum Gasteiger partial charge on any atom is -0.494 e. The van der Waals surface area contributed by atoms with E-state index in [1.54, 1.807) is 49.4 Å². The molecular weight excluding hydrogens is 386 g/mol. The van der Waals surface area contributed by atoms with Crippen LogP contribution in [0, 0.1) is 0 Å². The van der Waals surface area contributed by atoms with Gasteiger partial charge in [0.15, 0.2) is 5.75 Å². The Balaban J connectivity index is 2.05. The molecule has 0 radical (unpaired) electrons. The highest BCUT2D eigenvalue weighted by atomic mass is 16.5. The lowest BCUT2D eigenvalue weighted by atomic mass is 9.82. The van der Waals surface area contributed by atoms with Crippen LogP contribution in [0.2, 0.25) is 0 Å². The van der Waals surface area contributed by atoms with Gasteiger partial charge in [-0.3, -0.25) is 0 Å². The normalized spacial score (nSPS) is 15.5. The van der Waals surface area contributed by atoms with E-state index >= 15 is 0 Å². The standard InChI is InChI=1S/C23H21NO6/c1-3-27-15-11-7-5-9-13(15)17-18-20(30-21(24)19(17)22(25)28-4-2)14-10-6-8-12-16(14)29-23(18)26/h5-12,17H,3-4,24H2,1-2H3/t17-/m0/s1. The van der Waals surface area contributed by atoms with E-state index in [-0.39, 0.29) is 29.4 Å². The van der Waals surface area contributed by atoms with Gasteiger partial charge in [-0.1, -0.05) is 30.3 Å². The molecule has 7 heteroatoms. The van der Waals surface area contributed by atoms with Gasteiger partial charge >= 0.3 is 11.6 Å². The maximum Gasteiger partial charge on any atom is 0.344 e. The summed E-state index contributed by atoms with van der Waals surface area (Å²) in [5, 5.41) is 0.580. The first-order valence-corrected chi connectivity index (χ1v) is 9.68. The molecule has 0 unspecified atom stereocenters. The maximum atomic E-state index is 13.1. The summed E-state index contributed by atoms with van der Waals surface area (Å²) in [6, 6.07) is 14.2. The Morgan fingerprint density at radius 3 is 2.57 bits per heavy atom. The molecule has 2 N–H and O–H groups in total. The van der Waals surface area contributed by atoms with Gasteiger partial charge in [0, 0.05) is 5.56 Å². The van der Waals surface area contributed by atoms with Crippen molar-refractivity contribution < 1.29 is 23.4 Å². The minimum absolute atomic E-state index is 0.0408. The zero-order valence-corrected chi connectivity index (χ0v) is 16.6. The molecule has 154 valence electrons. The molecule has 2 aromatic carbocycles. The number of ether oxygens (including phenoxy) is 3. The molecule has 0 saturated heterocycles. The Morgan fingerprint density at radius 2 is 1.80 bits per heavy atom. The molecule has 0 fully saturated rings. The van der Waals surface area contributed by atoms with Gasteiger partial charge in [0.1, 0.15) is 16.9 Å². The van der Waals surface area contributed by atoms with E-state index in [0.717, 1.165) is 0 Å².